The molecule has 1 aromatic carbocycles. The van der Waals surface area contributed by atoms with Crippen molar-refractivity contribution in [2.75, 3.05) is 0 Å². The predicted octanol–water partition coefficient (Wildman–Crippen LogP) is 4.57. The van der Waals surface area contributed by atoms with Crippen LogP contribution in [0.2, 0.25) is 0 Å². The van der Waals surface area contributed by atoms with Crippen LogP contribution in [-0.4, -0.2) is 11.2 Å². The molecule has 0 aliphatic rings. The van der Waals surface area contributed by atoms with E-state index in [1.165, 1.54) is 4.88 Å². The molecule has 0 saturated carbocycles. The highest BCUT2D eigenvalue weighted by molar-refractivity contribution is 9.10. The van der Waals surface area contributed by atoms with Gasteiger partial charge >= 0.3 is 0 Å². The zero-order valence-corrected chi connectivity index (χ0v) is 13.4. The molecule has 0 radical (unpaired) electrons. The molecule has 1 aromatic heterocycles. The van der Waals surface area contributed by atoms with Gasteiger partial charge in [-0.25, -0.2) is 0 Å². The maximum Gasteiger partial charge on any atom is 0.119 e. The molecule has 2 aromatic rings. The zero-order chi connectivity index (χ0) is 13.8. The summed E-state index contributed by atoms with van der Waals surface area (Å²) in [7, 11) is 0. The number of hydrogen-bond acceptors (Lipinski definition) is 3. The molecular formula is C15H17BrO2S. The molecule has 2 nitrogen and oxygen atoms in total. The lowest BCUT2D eigenvalue weighted by molar-refractivity contribution is 0.179. The lowest BCUT2D eigenvalue weighted by Gasteiger charge is -2.13. The maximum atomic E-state index is 10.2. The molecule has 4 heteroatoms. The van der Waals surface area contributed by atoms with E-state index in [1.807, 2.05) is 49.6 Å². The lowest BCUT2D eigenvalue weighted by Crippen LogP contribution is -2.06. The molecule has 1 atom stereocenters. The van der Waals surface area contributed by atoms with Crippen molar-refractivity contribution in [3.8, 4) is 5.75 Å². The first kappa shape index (κ1) is 14.6. The minimum Gasteiger partial charge on any atom is -0.491 e. The maximum absolute atomic E-state index is 10.2. The Morgan fingerprint density at radius 2 is 1.95 bits per heavy atom. The van der Waals surface area contributed by atoms with Gasteiger partial charge in [0.05, 0.1) is 12.2 Å². The summed E-state index contributed by atoms with van der Waals surface area (Å²) in [5.41, 5.74) is 0.917. The first-order valence-corrected chi connectivity index (χ1v) is 7.89. The molecule has 19 heavy (non-hydrogen) atoms. The molecule has 0 amide bonds. The monoisotopic (exact) mass is 340 g/mol. The van der Waals surface area contributed by atoms with E-state index in [1.54, 1.807) is 11.3 Å². The highest BCUT2D eigenvalue weighted by Crippen LogP contribution is 2.26. The van der Waals surface area contributed by atoms with E-state index in [2.05, 4.69) is 15.9 Å². The van der Waals surface area contributed by atoms with Gasteiger partial charge in [0.1, 0.15) is 5.75 Å². The largest absolute Gasteiger partial charge is 0.491 e. The summed E-state index contributed by atoms with van der Waals surface area (Å²) in [4.78, 5) is 1.17. The van der Waals surface area contributed by atoms with Crippen LogP contribution in [0.3, 0.4) is 0 Å². The number of aliphatic hydroxyl groups is 1. The van der Waals surface area contributed by atoms with Gasteiger partial charge in [0.2, 0.25) is 0 Å². The Labute approximate surface area is 126 Å². The number of thiophene rings is 1. The molecule has 1 heterocycles. The number of ether oxygens (including phenoxy) is 1. The molecule has 0 saturated heterocycles. The first-order valence-electron chi connectivity index (χ1n) is 6.22. The Morgan fingerprint density at radius 3 is 2.47 bits per heavy atom. The standard InChI is InChI=1S/C15H17BrO2S/c1-10(2)18-13-5-3-11(4-6-13)15(17)8-14-7-12(16)9-19-14/h3-7,9-10,15,17H,8H2,1-2H3. The smallest absolute Gasteiger partial charge is 0.119 e. The fourth-order valence-electron chi connectivity index (χ4n) is 1.81. The predicted molar refractivity (Wildman–Crippen MR) is 82.9 cm³/mol. The third kappa shape index (κ3) is 4.34. The molecule has 0 spiro atoms. The second kappa shape index (κ2) is 6.55. The van der Waals surface area contributed by atoms with Crippen LogP contribution < -0.4 is 4.74 Å². The summed E-state index contributed by atoms with van der Waals surface area (Å²) in [6.07, 6.45) is 0.332. The van der Waals surface area contributed by atoms with Crippen LogP contribution in [-0.2, 0) is 6.42 Å². The quantitative estimate of drug-likeness (QED) is 0.863. The number of halogens is 1. The third-order valence-corrected chi connectivity index (χ3v) is 4.37. The van der Waals surface area contributed by atoms with Gasteiger partial charge in [0.15, 0.2) is 0 Å². The van der Waals surface area contributed by atoms with Crippen LogP contribution in [0.15, 0.2) is 40.2 Å². The van der Waals surface area contributed by atoms with Gasteiger partial charge in [-0.15, -0.1) is 11.3 Å². The Bertz CT molecular complexity index is 519. The molecule has 0 fully saturated rings. The minimum absolute atomic E-state index is 0.166. The van der Waals surface area contributed by atoms with E-state index < -0.39 is 6.10 Å². The van der Waals surface area contributed by atoms with Crippen LogP contribution in [0.1, 0.15) is 30.4 Å². The Kier molecular flexibility index (Phi) is 5.02. The number of hydrogen-bond donors (Lipinski definition) is 1. The van der Waals surface area contributed by atoms with Crippen molar-refractivity contribution >= 4 is 27.3 Å². The summed E-state index contributed by atoms with van der Waals surface area (Å²) in [6.45, 7) is 3.99. The molecular weight excluding hydrogens is 324 g/mol. The molecule has 0 aliphatic carbocycles. The van der Waals surface area contributed by atoms with E-state index in [0.717, 1.165) is 15.8 Å². The van der Waals surface area contributed by atoms with Crippen molar-refractivity contribution in [1.82, 2.24) is 0 Å². The first-order chi connectivity index (χ1) is 9.04. The van der Waals surface area contributed by atoms with Crippen molar-refractivity contribution in [1.29, 1.82) is 0 Å². The van der Waals surface area contributed by atoms with Gasteiger partial charge in [-0.05, 0) is 53.5 Å². The highest BCUT2D eigenvalue weighted by atomic mass is 79.9. The van der Waals surface area contributed by atoms with Gasteiger partial charge in [-0.2, -0.15) is 0 Å². The normalized spacial score (nSPS) is 12.7. The van der Waals surface area contributed by atoms with Crippen LogP contribution >= 0.6 is 27.3 Å². The minimum atomic E-state index is -0.473. The lowest BCUT2D eigenvalue weighted by atomic mass is 10.1. The molecule has 102 valence electrons. The average Bonchev–Trinajstić information content (AvgIpc) is 2.75. The van der Waals surface area contributed by atoms with Crippen LogP contribution in [0.4, 0.5) is 0 Å². The van der Waals surface area contributed by atoms with Crippen molar-refractivity contribution in [3.05, 3.63) is 50.6 Å². The summed E-state index contributed by atoms with van der Waals surface area (Å²) >= 11 is 5.08. The van der Waals surface area contributed by atoms with Gasteiger partial charge < -0.3 is 9.84 Å². The van der Waals surface area contributed by atoms with Crippen molar-refractivity contribution < 1.29 is 9.84 Å². The Balaban J connectivity index is 2.01. The Morgan fingerprint density at radius 1 is 1.26 bits per heavy atom. The number of benzene rings is 1. The van der Waals surface area contributed by atoms with E-state index in [4.69, 9.17) is 4.74 Å². The SMILES string of the molecule is CC(C)Oc1ccc(C(O)Cc2cc(Br)cs2)cc1. The molecule has 1 N–H and O–H groups in total. The van der Waals surface area contributed by atoms with E-state index >= 15 is 0 Å². The van der Waals surface area contributed by atoms with E-state index in [9.17, 15) is 5.11 Å². The Hall–Kier alpha value is -0.840. The average molecular weight is 341 g/mol. The third-order valence-electron chi connectivity index (χ3n) is 2.65. The number of aliphatic hydroxyl groups excluding tert-OH is 1. The molecule has 0 bridgehead atoms. The molecule has 1 unspecified atom stereocenters. The van der Waals surface area contributed by atoms with Crippen LogP contribution in [0.5, 0.6) is 5.75 Å². The second-order valence-corrected chi connectivity index (χ2v) is 6.60. The summed E-state index contributed by atoms with van der Waals surface area (Å²) in [6, 6.07) is 9.70. The fourth-order valence-corrected chi connectivity index (χ4v) is 3.30. The van der Waals surface area contributed by atoms with E-state index in [-0.39, 0.29) is 6.10 Å². The highest BCUT2D eigenvalue weighted by Gasteiger charge is 2.10. The summed E-state index contributed by atoms with van der Waals surface area (Å²) in [5, 5.41) is 12.2. The van der Waals surface area contributed by atoms with Gasteiger partial charge in [0.25, 0.3) is 0 Å². The van der Waals surface area contributed by atoms with Gasteiger partial charge in [-0.3, -0.25) is 0 Å². The van der Waals surface area contributed by atoms with Crippen molar-refractivity contribution in [3.63, 3.8) is 0 Å². The molecule has 2 rings (SSSR count). The van der Waals surface area contributed by atoms with Crippen LogP contribution in [0, 0.1) is 0 Å². The number of rotatable bonds is 5. The second-order valence-electron chi connectivity index (χ2n) is 4.69. The fraction of sp³-hybridized carbons (Fsp3) is 0.333. The summed E-state index contributed by atoms with van der Waals surface area (Å²) < 4.78 is 6.65. The topological polar surface area (TPSA) is 29.5 Å². The molecule has 0 aliphatic heterocycles. The van der Waals surface area contributed by atoms with Crippen molar-refractivity contribution in [2.24, 2.45) is 0 Å². The van der Waals surface area contributed by atoms with E-state index in [0.29, 0.717) is 6.42 Å². The zero-order valence-electron chi connectivity index (χ0n) is 11.0. The summed E-state index contributed by atoms with van der Waals surface area (Å²) in [5.74, 6) is 0.838. The van der Waals surface area contributed by atoms with Gasteiger partial charge in [-0.1, -0.05) is 12.1 Å². The van der Waals surface area contributed by atoms with Crippen molar-refractivity contribution in [2.45, 2.75) is 32.5 Å². The van der Waals surface area contributed by atoms with Gasteiger partial charge in [0, 0.05) is 21.2 Å². The van der Waals surface area contributed by atoms with Crippen LogP contribution in [0.25, 0.3) is 0 Å².